The molecule has 0 radical (unpaired) electrons. The maximum Gasteiger partial charge on any atom is 0.146 e. The van der Waals surface area contributed by atoms with Crippen LogP contribution < -0.4 is 5.73 Å². The molecule has 0 fully saturated rings. The van der Waals surface area contributed by atoms with Crippen LogP contribution in [-0.2, 0) is 5.54 Å². The van der Waals surface area contributed by atoms with Crippen molar-refractivity contribution in [2.24, 2.45) is 5.73 Å². The summed E-state index contributed by atoms with van der Waals surface area (Å²) in [5.74, 6) is -0.893. The monoisotopic (exact) mass is 234 g/mol. The van der Waals surface area contributed by atoms with E-state index in [0.717, 1.165) is 6.20 Å². The third-order valence-corrected chi connectivity index (χ3v) is 2.76. The lowest BCUT2D eigenvalue weighted by Gasteiger charge is -2.26. The van der Waals surface area contributed by atoms with Crippen LogP contribution in [0.1, 0.15) is 18.1 Å². The molecule has 1 unspecified atom stereocenters. The predicted octanol–water partition coefficient (Wildman–Crippen LogP) is 2.58. The first-order valence-electron chi connectivity index (χ1n) is 5.17. The normalized spacial score (nSPS) is 14.4. The first kappa shape index (κ1) is 11.7. The van der Waals surface area contributed by atoms with E-state index in [2.05, 4.69) is 4.98 Å². The summed E-state index contributed by atoms with van der Waals surface area (Å²) in [5.41, 5.74) is 5.81. The van der Waals surface area contributed by atoms with Gasteiger partial charge in [-0.2, -0.15) is 0 Å². The van der Waals surface area contributed by atoms with E-state index < -0.39 is 17.2 Å². The van der Waals surface area contributed by atoms with Gasteiger partial charge in [-0.3, -0.25) is 4.98 Å². The van der Waals surface area contributed by atoms with Crippen molar-refractivity contribution in [3.05, 3.63) is 65.5 Å². The number of nitrogens with two attached hydrogens (primary N) is 1. The summed E-state index contributed by atoms with van der Waals surface area (Å²) in [5, 5.41) is 0. The number of benzene rings is 1. The largest absolute Gasteiger partial charge is 0.318 e. The van der Waals surface area contributed by atoms with E-state index in [1.807, 2.05) is 0 Å². The Bertz CT molecular complexity index is 538. The lowest BCUT2D eigenvalue weighted by atomic mass is 9.86. The van der Waals surface area contributed by atoms with Crippen molar-refractivity contribution in [1.29, 1.82) is 0 Å². The maximum atomic E-state index is 13.6. The second-order valence-corrected chi connectivity index (χ2v) is 4.07. The molecule has 0 bridgehead atoms. The van der Waals surface area contributed by atoms with Crippen molar-refractivity contribution in [3.63, 3.8) is 0 Å². The van der Waals surface area contributed by atoms with Crippen LogP contribution in [0.4, 0.5) is 8.78 Å². The number of nitrogens with zero attached hydrogens (tertiary/aromatic N) is 1. The Labute approximate surface area is 98.1 Å². The van der Waals surface area contributed by atoms with Gasteiger partial charge in [0.05, 0.1) is 11.7 Å². The summed E-state index contributed by atoms with van der Waals surface area (Å²) >= 11 is 0. The Kier molecular flexibility index (Phi) is 2.90. The summed E-state index contributed by atoms with van der Waals surface area (Å²) in [7, 11) is 0. The lowest BCUT2D eigenvalue weighted by Crippen LogP contribution is -2.35. The molecule has 1 aromatic carbocycles. The van der Waals surface area contributed by atoms with Crippen LogP contribution in [0.15, 0.2) is 42.7 Å². The molecule has 0 aliphatic carbocycles. The van der Waals surface area contributed by atoms with Gasteiger partial charge in [0.1, 0.15) is 11.6 Å². The molecule has 2 N–H and O–H groups in total. The van der Waals surface area contributed by atoms with E-state index in [0.29, 0.717) is 5.56 Å². The quantitative estimate of drug-likeness (QED) is 0.867. The first-order chi connectivity index (χ1) is 8.01. The topological polar surface area (TPSA) is 38.9 Å². The number of aromatic nitrogens is 1. The van der Waals surface area contributed by atoms with E-state index in [-0.39, 0.29) is 5.56 Å². The number of rotatable bonds is 2. The van der Waals surface area contributed by atoms with Gasteiger partial charge in [-0.25, -0.2) is 8.78 Å². The van der Waals surface area contributed by atoms with Crippen LogP contribution in [-0.4, -0.2) is 4.98 Å². The fourth-order valence-corrected chi connectivity index (χ4v) is 1.76. The van der Waals surface area contributed by atoms with E-state index >= 15 is 0 Å². The van der Waals surface area contributed by atoms with Gasteiger partial charge < -0.3 is 5.73 Å². The van der Waals surface area contributed by atoms with Gasteiger partial charge in [0.2, 0.25) is 0 Å². The Morgan fingerprint density at radius 3 is 2.65 bits per heavy atom. The minimum Gasteiger partial charge on any atom is -0.318 e. The molecular weight excluding hydrogens is 222 g/mol. The maximum absolute atomic E-state index is 13.6. The van der Waals surface area contributed by atoms with Gasteiger partial charge in [-0.05, 0) is 30.7 Å². The van der Waals surface area contributed by atoms with Gasteiger partial charge in [0.15, 0.2) is 0 Å². The Morgan fingerprint density at radius 2 is 2.00 bits per heavy atom. The first-order valence-corrected chi connectivity index (χ1v) is 5.17. The Hall–Kier alpha value is -1.81. The zero-order valence-electron chi connectivity index (χ0n) is 9.32. The Morgan fingerprint density at radius 1 is 1.24 bits per heavy atom. The zero-order chi connectivity index (χ0) is 12.5. The summed E-state index contributed by atoms with van der Waals surface area (Å²) < 4.78 is 26.8. The fourth-order valence-electron chi connectivity index (χ4n) is 1.76. The van der Waals surface area contributed by atoms with E-state index in [9.17, 15) is 8.78 Å². The summed E-state index contributed by atoms with van der Waals surface area (Å²) in [6.07, 6.45) is 2.56. The highest BCUT2D eigenvalue weighted by Crippen LogP contribution is 2.28. The van der Waals surface area contributed by atoms with E-state index in [1.165, 1.54) is 24.4 Å². The van der Waals surface area contributed by atoms with Gasteiger partial charge in [0, 0.05) is 11.8 Å². The molecule has 88 valence electrons. The third kappa shape index (κ3) is 2.17. The minimum atomic E-state index is -1.09. The van der Waals surface area contributed by atoms with Crippen molar-refractivity contribution in [1.82, 2.24) is 4.98 Å². The molecule has 0 saturated heterocycles. The molecule has 1 aromatic heterocycles. The molecule has 0 aliphatic heterocycles. The van der Waals surface area contributed by atoms with Crippen molar-refractivity contribution >= 4 is 0 Å². The molecule has 17 heavy (non-hydrogen) atoms. The highest BCUT2D eigenvalue weighted by molar-refractivity contribution is 5.36. The molecule has 2 rings (SSSR count). The molecule has 0 amide bonds. The van der Waals surface area contributed by atoms with Gasteiger partial charge in [0.25, 0.3) is 0 Å². The zero-order valence-corrected chi connectivity index (χ0v) is 9.32. The number of halogens is 2. The number of hydrogen-bond donors (Lipinski definition) is 1. The molecule has 2 aromatic rings. The van der Waals surface area contributed by atoms with Gasteiger partial charge in [-0.15, -0.1) is 0 Å². The molecule has 0 spiro atoms. The third-order valence-electron chi connectivity index (χ3n) is 2.76. The lowest BCUT2D eigenvalue weighted by molar-refractivity contribution is 0.522. The molecule has 0 aliphatic rings. The van der Waals surface area contributed by atoms with E-state index in [1.54, 1.807) is 19.1 Å². The summed E-state index contributed by atoms with van der Waals surface area (Å²) in [6.45, 7) is 1.64. The molecule has 1 heterocycles. The Balaban J connectivity index is 2.53. The van der Waals surface area contributed by atoms with Crippen LogP contribution in [0.2, 0.25) is 0 Å². The second kappa shape index (κ2) is 4.22. The molecular formula is C13H12F2N2. The molecule has 4 heteroatoms. The van der Waals surface area contributed by atoms with Crippen molar-refractivity contribution < 1.29 is 8.78 Å². The van der Waals surface area contributed by atoms with Gasteiger partial charge >= 0.3 is 0 Å². The fraction of sp³-hybridized carbons (Fsp3) is 0.154. The van der Waals surface area contributed by atoms with Crippen molar-refractivity contribution in [2.45, 2.75) is 12.5 Å². The number of pyridine rings is 1. The highest BCUT2D eigenvalue weighted by Gasteiger charge is 2.27. The number of hydrogen-bond acceptors (Lipinski definition) is 2. The average molecular weight is 234 g/mol. The SMILES string of the molecule is CC(N)(c1cccc(F)c1)c1ccncc1F. The molecule has 2 nitrogen and oxygen atoms in total. The van der Waals surface area contributed by atoms with Crippen molar-refractivity contribution in [2.75, 3.05) is 0 Å². The highest BCUT2D eigenvalue weighted by atomic mass is 19.1. The predicted molar refractivity (Wildman–Crippen MR) is 61.2 cm³/mol. The standard InChI is InChI=1S/C13H12F2N2/c1-13(16,9-3-2-4-10(14)7-9)11-5-6-17-8-12(11)15/h2-8H,16H2,1H3. The van der Waals surface area contributed by atoms with Crippen LogP contribution in [0.3, 0.4) is 0 Å². The van der Waals surface area contributed by atoms with Crippen LogP contribution in [0, 0.1) is 11.6 Å². The second-order valence-electron chi connectivity index (χ2n) is 4.07. The minimum absolute atomic E-state index is 0.290. The van der Waals surface area contributed by atoms with Crippen LogP contribution >= 0.6 is 0 Å². The summed E-state index contributed by atoms with van der Waals surface area (Å²) in [4.78, 5) is 3.67. The van der Waals surface area contributed by atoms with Gasteiger partial charge in [-0.1, -0.05) is 12.1 Å². The van der Waals surface area contributed by atoms with Crippen LogP contribution in [0.5, 0.6) is 0 Å². The molecule has 0 saturated carbocycles. The van der Waals surface area contributed by atoms with Crippen LogP contribution in [0.25, 0.3) is 0 Å². The smallest absolute Gasteiger partial charge is 0.146 e. The van der Waals surface area contributed by atoms with E-state index in [4.69, 9.17) is 5.73 Å². The van der Waals surface area contributed by atoms with Crippen molar-refractivity contribution in [3.8, 4) is 0 Å². The molecule has 1 atom stereocenters. The summed E-state index contributed by atoms with van der Waals surface area (Å²) in [6, 6.07) is 7.35. The average Bonchev–Trinajstić information content (AvgIpc) is 2.29.